The van der Waals surface area contributed by atoms with Gasteiger partial charge in [-0.1, -0.05) is 23.7 Å². The van der Waals surface area contributed by atoms with E-state index in [0.29, 0.717) is 16.7 Å². The molecule has 1 heterocycles. The molecule has 92 valence electrons. The third-order valence-corrected chi connectivity index (χ3v) is 2.69. The molecule has 0 aliphatic heterocycles. The highest BCUT2D eigenvalue weighted by molar-refractivity contribution is 6.32. The molecule has 0 saturated heterocycles. The fraction of sp³-hybridized carbons (Fsp3) is 0.0769. The molecule has 1 N–H and O–H groups in total. The molecule has 1 aromatic carbocycles. The number of aromatic nitrogens is 1. The Morgan fingerprint density at radius 2 is 2.17 bits per heavy atom. The van der Waals surface area contributed by atoms with Gasteiger partial charge in [-0.25, -0.2) is 9.37 Å². The largest absolute Gasteiger partial charge is 0.481 e. The van der Waals surface area contributed by atoms with Crippen molar-refractivity contribution >= 4 is 17.6 Å². The zero-order valence-corrected chi connectivity index (χ0v) is 9.99. The minimum atomic E-state index is -0.954. The van der Waals surface area contributed by atoms with Crippen LogP contribution in [0.4, 0.5) is 4.39 Å². The Kier molecular flexibility index (Phi) is 3.58. The molecule has 0 aliphatic rings. The van der Waals surface area contributed by atoms with E-state index in [0.717, 1.165) is 0 Å². The van der Waals surface area contributed by atoms with Gasteiger partial charge in [0.1, 0.15) is 11.0 Å². The highest BCUT2D eigenvalue weighted by Crippen LogP contribution is 2.27. The predicted molar refractivity (Wildman–Crippen MR) is 66.0 cm³/mol. The second-order valence-electron chi connectivity index (χ2n) is 3.76. The lowest BCUT2D eigenvalue weighted by Crippen LogP contribution is -2.01. The van der Waals surface area contributed by atoms with Gasteiger partial charge in [-0.15, -0.1) is 0 Å². The minimum Gasteiger partial charge on any atom is -0.481 e. The predicted octanol–water partition coefficient (Wildman–Crippen LogP) is 3.17. The summed E-state index contributed by atoms with van der Waals surface area (Å²) < 4.78 is 13.1. The number of pyridine rings is 1. The van der Waals surface area contributed by atoms with Crippen molar-refractivity contribution in [1.29, 1.82) is 0 Å². The van der Waals surface area contributed by atoms with Crippen LogP contribution in [0.1, 0.15) is 5.56 Å². The molecule has 3 nitrogen and oxygen atoms in total. The lowest BCUT2D eigenvalue weighted by molar-refractivity contribution is -0.136. The minimum absolute atomic E-state index is 0.146. The van der Waals surface area contributed by atoms with Crippen molar-refractivity contribution in [2.75, 3.05) is 0 Å². The van der Waals surface area contributed by atoms with E-state index in [2.05, 4.69) is 4.98 Å². The molecule has 2 rings (SSSR count). The summed E-state index contributed by atoms with van der Waals surface area (Å²) in [6.45, 7) is 0. The third-order valence-electron chi connectivity index (χ3n) is 2.39. The Labute approximate surface area is 108 Å². The number of nitrogens with zero attached hydrogens (tertiary/aromatic N) is 1. The number of carbonyl (C=O) groups is 1. The summed E-state index contributed by atoms with van der Waals surface area (Å²) in [5, 5.41) is 8.94. The van der Waals surface area contributed by atoms with Gasteiger partial charge in [-0.3, -0.25) is 4.79 Å². The van der Waals surface area contributed by atoms with Gasteiger partial charge in [0.25, 0.3) is 0 Å². The van der Waals surface area contributed by atoms with Gasteiger partial charge < -0.3 is 5.11 Å². The van der Waals surface area contributed by atoms with E-state index < -0.39 is 5.97 Å². The van der Waals surface area contributed by atoms with Gasteiger partial charge >= 0.3 is 5.97 Å². The monoisotopic (exact) mass is 265 g/mol. The van der Waals surface area contributed by atoms with Crippen LogP contribution in [0.2, 0.25) is 5.15 Å². The van der Waals surface area contributed by atoms with Gasteiger partial charge in [0.05, 0.1) is 6.42 Å². The number of benzene rings is 1. The molecule has 0 atom stereocenters. The summed E-state index contributed by atoms with van der Waals surface area (Å²) in [6.07, 6.45) is 1.26. The molecule has 0 fully saturated rings. The maximum Gasteiger partial charge on any atom is 0.307 e. The Hall–Kier alpha value is -1.94. The summed E-state index contributed by atoms with van der Waals surface area (Å²) in [5.74, 6) is -1.34. The number of aliphatic carboxylic acids is 1. The van der Waals surface area contributed by atoms with Gasteiger partial charge in [0, 0.05) is 11.8 Å². The molecule has 0 aliphatic carbocycles. The molecule has 5 heteroatoms. The second kappa shape index (κ2) is 5.14. The Bertz CT molecular complexity index is 601. The van der Waals surface area contributed by atoms with Crippen molar-refractivity contribution in [2.45, 2.75) is 6.42 Å². The number of rotatable bonds is 3. The van der Waals surface area contributed by atoms with Gasteiger partial charge in [0.15, 0.2) is 0 Å². The van der Waals surface area contributed by atoms with E-state index in [4.69, 9.17) is 16.7 Å². The Balaban J connectivity index is 2.46. The van der Waals surface area contributed by atoms with Gasteiger partial charge in [-0.05, 0) is 29.3 Å². The Morgan fingerprint density at radius 1 is 1.39 bits per heavy atom. The first-order valence-electron chi connectivity index (χ1n) is 5.18. The normalized spacial score (nSPS) is 10.3. The Morgan fingerprint density at radius 3 is 2.83 bits per heavy atom. The van der Waals surface area contributed by atoms with Crippen molar-refractivity contribution in [3.63, 3.8) is 0 Å². The van der Waals surface area contributed by atoms with E-state index in [1.807, 2.05) is 0 Å². The van der Waals surface area contributed by atoms with Crippen molar-refractivity contribution in [3.8, 4) is 11.1 Å². The molecule has 2 aromatic rings. The lowest BCUT2D eigenvalue weighted by Gasteiger charge is -2.06. The maximum atomic E-state index is 13.1. The van der Waals surface area contributed by atoms with Crippen molar-refractivity contribution in [2.24, 2.45) is 0 Å². The number of carboxylic acids is 1. The average molecular weight is 266 g/mol. The standard InChI is InChI=1S/C13H9ClFNO2/c14-13-11(9-2-1-3-10(15)6-9)4-8(7-16-13)5-12(17)18/h1-4,6-7H,5H2,(H,17,18). The van der Waals surface area contributed by atoms with E-state index >= 15 is 0 Å². The van der Waals surface area contributed by atoms with E-state index in [-0.39, 0.29) is 17.4 Å². The fourth-order valence-corrected chi connectivity index (χ4v) is 1.83. The van der Waals surface area contributed by atoms with Crippen LogP contribution < -0.4 is 0 Å². The lowest BCUT2D eigenvalue weighted by atomic mass is 10.0. The number of carboxylic acid groups (broad SMARTS) is 1. The van der Waals surface area contributed by atoms with E-state index in [9.17, 15) is 9.18 Å². The van der Waals surface area contributed by atoms with Crippen LogP contribution in [0.3, 0.4) is 0 Å². The summed E-state index contributed by atoms with van der Waals surface area (Å²) in [7, 11) is 0. The van der Waals surface area contributed by atoms with Crippen LogP contribution in [-0.4, -0.2) is 16.1 Å². The first-order chi connectivity index (χ1) is 8.56. The zero-order valence-electron chi connectivity index (χ0n) is 9.23. The van der Waals surface area contributed by atoms with E-state index in [1.165, 1.54) is 18.3 Å². The van der Waals surface area contributed by atoms with Crippen molar-refractivity contribution in [3.05, 3.63) is 53.1 Å². The molecular weight excluding hydrogens is 257 g/mol. The van der Waals surface area contributed by atoms with Crippen LogP contribution >= 0.6 is 11.6 Å². The molecule has 18 heavy (non-hydrogen) atoms. The maximum absolute atomic E-state index is 13.1. The molecule has 0 amide bonds. The smallest absolute Gasteiger partial charge is 0.307 e. The number of hydrogen-bond acceptors (Lipinski definition) is 2. The van der Waals surface area contributed by atoms with Crippen LogP contribution in [0.25, 0.3) is 11.1 Å². The second-order valence-corrected chi connectivity index (χ2v) is 4.12. The molecule has 1 aromatic heterocycles. The van der Waals surface area contributed by atoms with Crippen LogP contribution in [-0.2, 0) is 11.2 Å². The average Bonchev–Trinajstić information content (AvgIpc) is 2.31. The quantitative estimate of drug-likeness (QED) is 0.867. The van der Waals surface area contributed by atoms with Crippen molar-refractivity contribution < 1.29 is 14.3 Å². The highest BCUT2D eigenvalue weighted by atomic mass is 35.5. The molecule has 0 bridgehead atoms. The molecular formula is C13H9ClFNO2. The first kappa shape index (κ1) is 12.5. The van der Waals surface area contributed by atoms with Crippen LogP contribution in [0, 0.1) is 5.82 Å². The van der Waals surface area contributed by atoms with Crippen molar-refractivity contribution in [1.82, 2.24) is 4.98 Å². The number of hydrogen-bond donors (Lipinski definition) is 1. The summed E-state index contributed by atoms with van der Waals surface area (Å²) >= 11 is 5.94. The molecule has 0 radical (unpaired) electrons. The first-order valence-corrected chi connectivity index (χ1v) is 5.56. The SMILES string of the molecule is O=C(O)Cc1cnc(Cl)c(-c2cccc(F)c2)c1. The van der Waals surface area contributed by atoms with E-state index in [1.54, 1.807) is 18.2 Å². The highest BCUT2D eigenvalue weighted by Gasteiger charge is 2.09. The number of halogens is 2. The molecule has 0 spiro atoms. The van der Waals surface area contributed by atoms with Crippen LogP contribution in [0.5, 0.6) is 0 Å². The summed E-state index contributed by atoms with van der Waals surface area (Å²) in [5.41, 5.74) is 1.61. The summed E-state index contributed by atoms with van der Waals surface area (Å²) in [4.78, 5) is 14.6. The topological polar surface area (TPSA) is 50.2 Å². The van der Waals surface area contributed by atoms with Gasteiger partial charge in [0.2, 0.25) is 0 Å². The molecule has 0 saturated carbocycles. The molecule has 0 unspecified atom stereocenters. The fourth-order valence-electron chi connectivity index (χ4n) is 1.62. The third kappa shape index (κ3) is 2.84. The van der Waals surface area contributed by atoms with Gasteiger partial charge in [-0.2, -0.15) is 0 Å². The zero-order chi connectivity index (χ0) is 13.1. The summed E-state index contributed by atoms with van der Waals surface area (Å²) in [6, 6.07) is 7.51. The van der Waals surface area contributed by atoms with Crippen LogP contribution in [0.15, 0.2) is 36.5 Å².